The molecule has 1 aliphatic rings. The third-order valence-electron chi connectivity index (χ3n) is 3.73. The average molecular weight is 399 g/mol. The molecule has 7 heteroatoms. The first-order chi connectivity index (χ1) is 12.2. The lowest BCUT2D eigenvalue weighted by molar-refractivity contribution is 0.383. The van der Waals surface area contributed by atoms with Crippen molar-refractivity contribution in [1.82, 2.24) is 10.1 Å². The van der Waals surface area contributed by atoms with Crippen LogP contribution in [-0.2, 0) is 6.42 Å². The summed E-state index contributed by atoms with van der Waals surface area (Å²) in [6.45, 7) is 0. The first-order valence-corrected chi connectivity index (χ1v) is 8.43. The van der Waals surface area contributed by atoms with Crippen molar-refractivity contribution in [3.63, 3.8) is 0 Å². The maximum atomic E-state index is 13.8. The summed E-state index contributed by atoms with van der Waals surface area (Å²) in [7, 11) is 0. The number of amidine groups is 1. The lowest BCUT2D eigenvalue weighted by Crippen LogP contribution is -2.07. The molecule has 0 saturated carbocycles. The topological polar surface area (TPSA) is 63.6 Å². The van der Waals surface area contributed by atoms with E-state index >= 15 is 0 Å². The lowest BCUT2D eigenvalue weighted by atomic mass is 10.1. The van der Waals surface area contributed by atoms with Gasteiger partial charge in [-0.25, -0.2) is 9.38 Å². The first kappa shape index (κ1) is 15.8. The predicted octanol–water partition coefficient (Wildman–Crippen LogP) is 4.08. The number of pyridine rings is 1. The standard InChI is InChI=1S/C18H12BrFN4O/c19-11-5-6-16(21-9-11)17-8-13(25-24-17)7-12-10-22-18(23-12)14-3-1-2-4-15(14)20/h1-6,8-10,12H,7H2. The molecule has 25 heavy (non-hydrogen) atoms. The zero-order valence-corrected chi connectivity index (χ0v) is 14.5. The minimum absolute atomic E-state index is 0.201. The SMILES string of the molecule is Fc1ccccc1C1=NC(Cc2cc(-c3ccc(Br)cn3)no2)C=N1. The highest BCUT2D eigenvalue weighted by atomic mass is 79.9. The van der Waals surface area contributed by atoms with Gasteiger partial charge in [0.05, 0.1) is 17.3 Å². The molecule has 5 nitrogen and oxygen atoms in total. The Balaban J connectivity index is 1.50. The van der Waals surface area contributed by atoms with Gasteiger partial charge in [0.1, 0.15) is 17.3 Å². The summed E-state index contributed by atoms with van der Waals surface area (Å²) in [6.07, 6.45) is 3.91. The molecular formula is C18H12BrFN4O. The minimum Gasteiger partial charge on any atom is -0.361 e. The van der Waals surface area contributed by atoms with Gasteiger partial charge in [-0.3, -0.25) is 9.98 Å². The molecule has 124 valence electrons. The maximum absolute atomic E-state index is 13.8. The van der Waals surface area contributed by atoms with Crippen LogP contribution >= 0.6 is 15.9 Å². The Hall–Kier alpha value is -2.67. The van der Waals surface area contributed by atoms with Crippen LogP contribution in [0.2, 0.25) is 0 Å². The Kier molecular flexibility index (Phi) is 4.23. The Morgan fingerprint density at radius 1 is 1.12 bits per heavy atom. The third-order valence-corrected chi connectivity index (χ3v) is 4.20. The van der Waals surface area contributed by atoms with Crippen molar-refractivity contribution in [1.29, 1.82) is 0 Å². The van der Waals surface area contributed by atoms with E-state index in [2.05, 4.69) is 36.1 Å². The van der Waals surface area contributed by atoms with E-state index in [-0.39, 0.29) is 11.9 Å². The molecule has 1 aromatic carbocycles. The lowest BCUT2D eigenvalue weighted by Gasteiger charge is -2.00. The molecule has 2 aromatic heterocycles. The second-order valence-electron chi connectivity index (χ2n) is 5.52. The molecule has 0 amide bonds. The van der Waals surface area contributed by atoms with Crippen LogP contribution in [0.5, 0.6) is 0 Å². The summed E-state index contributed by atoms with van der Waals surface area (Å²) in [4.78, 5) is 13.0. The van der Waals surface area contributed by atoms with Crippen molar-refractivity contribution >= 4 is 28.0 Å². The Bertz CT molecular complexity index is 965. The molecule has 3 heterocycles. The quantitative estimate of drug-likeness (QED) is 0.664. The molecule has 0 aliphatic carbocycles. The highest BCUT2D eigenvalue weighted by Crippen LogP contribution is 2.21. The number of rotatable bonds is 4. The fourth-order valence-corrected chi connectivity index (χ4v) is 2.76. The predicted molar refractivity (Wildman–Crippen MR) is 96.4 cm³/mol. The van der Waals surface area contributed by atoms with Crippen molar-refractivity contribution in [2.24, 2.45) is 9.98 Å². The van der Waals surface area contributed by atoms with Gasteiger partial charge >= 0.3 is 0 Å². The fourth-order valence-electron chi connectivity index (χ4n) is 2.52. The maximum Gasteiger partial charge on any atom is 0.157 e. The van der Waals surface area contributed by atoms with Gasteiger partial charge in [-0.1, -0.05) is 17.3 Å². The molecule has 1 aliphatic heterocycles. The summed E-state index contributed by atoms with van der Waals surface area (Å²) in [5.74, 6) is 0.745. The van der Waals surface area contributed by atoms with Crippen LogP contribution in [0.4, 0.5) is 4.39 Å². The van der Waals surface area contributed by atoms with Crippen molar-refractivity contribution in [3.8, 4) is 11.4 Å². The van der Waals surface area contributed by atoms with Crippen LogP contribution < -0.4 is 0 Å². The van der Waals surface area contributed by atoms with Gasteiger partial charge in [0.25, 0.3) is 0 Å². The molecular weight excluding hydrogens is 387 g/mol. The van der Waals surface area contributed by atoms with Gasteiger partial charge < -0.3 is 4.52 Å². The van der Waals surface area contributed by atoms with Crippen LogP contribution in [-0.4, -0.2) is 28.2 Å². The van der Waals surface area contributed by atoms with Crippen molar-refractivity contribution in [2.75, 3.05) is 0 Å². The molecule has 0 fully saturated rings. The van der Waals surface area contributed by atoms with Crippen LogP contribution in [0.25, 0.3) is 11.4 Å². The number of aromatic nitrogens is 2. The zero-order chi connectivity index (χ0) is 17.2. The van der Waals surface area contributed by atoms with Crippen LogP contribution in [0.1, 0.15) is 11.3 Å². The van der Waals surface area contributed by atoms with Gasteiger partial charge in [-0.15, -0.1) is 0 Å². The normalized spacial score (nSPS) is 16.2. The Morgan fingerprint density at radius 2 is 2.00 bits per heavy atom. The van der Waals surface area contributed by atoms with Crippen molar-refractivity contribution in [3.05, 3.63) is 70.3 Å². The van der Waals surface area contributed by atoms with E-state index in [1.54, 1.807) is 30.6 Å². The molecule has 0 spiro atoms. The smallest absolute Gasteiger partial charge is 0.157 e. The van der Waals surface area contributed by atoms with Gasteiger partial charge in [-0.2, -0.15) is 0 Å². The summed E-state index contributed by atoms with van der Waals surface area (Å²) in [6, 6.07) is 11.9. The van der Waals surface area contributed by atoms with E-state index in [1.165, 1.54) is 6.07 Å². The van der Waals surface area contributed by atoms with Crippen LogP contribution in [0.3, 0.4) is 0 Å². The molecule has 0 saturated heterocycles. The first-order valence-electron chi connectivity index (χ1n) is 7.63. The number of aliphatic imine (C=N–C) groups is 2. The van der Waals surface area contributed by atoms with E-state index in [4.69, 9.17) is 4.52 Å². The second kappa shape index (κ2) is 6.68. The molecule has 1 unspecified atom stereocenters. The van der Waals surface area contributed by atoms with Gasteiger partial charge in [0.15, 0.2) is 5.84 Å². The number of hydrogen-bond donors (Lipinski definition) is 0. The highest BCUT2D eigenvalue weighted by Gasteiger charge is 2.19. The van der Waals surface area contributed by atoms with Gasteiger partial charge in [0, 0.05) is 29.4 Å². The molecule has 0 N–H and O–H groups in total. The third kappa shape index (κ3) is 3.41. The summed E-state index contributed by atoms with van der Waals surface area (Å²) in [5.41, 5.74) is 1.79. The minimum atomic E-state index is -0.331. The van der Waals surface area contributed by atoms with E-state index in [0.717, 1.165) is 10.2 Å². The molecule has 0 bridgehead atoms. The molecule has 0 radical (unpaired) electrons. The van der Waals surface area contributed by atoms with E-state index < -0.39 is 0 Å². The van der Waals surface area contributed by atoms with Crippen molar-refractivity contribution < 1.29 is 8.91 Å². The van der Waals surface area contributed by atoms with Crippen LogP contribution in [0, 0.1) is 5.82 Å². The van der Waals surface area contributed by atoms with E-state index in [1.807, 2.05) is 18.2 Å². The number of nitrogens with zero attached hydrogens (tertiary/aromatic N) is 4. The molecule has 4 rings (SSSR count). The number of halogens is 2. The van der Waals surface area contributed by atoms with E-state index in [9.17, 15) is 4.39 Å². The van der Waals surface area contributed by atoms with E-state index in [0.29, 0.717) is 29.3 Å². The van der Waals surface area contributed by atoms with Gasteiger partial charge in [0.2, 0.25) is 0 Å². The number of benzene rings is 1. The zero-order valence-electron chi connectivity index (χ0n) is 12.9. The molecule has 1 atom stereocenters. The van der Waals surface area contributed by atoms with Crippen molar-refractivity contribution in [2.45, 2.75) is 12.5 Å². The Labute approximate surface area is 151 Å². The summed E-state index contributed by atoms with van der Waals surface area (Å²) >= 11 is 3.35. The summed E-state index contributed by atoms with van der Waals surface area (Å²) in [5, 5.41) is 4.04. The fraction of sp³-hybridized carbons (Fsp3) is 0.111. The Morgan fingerprint density at radius 3 is 2.80 bits per heavy atom. The average Bonchev–Trinajstić information content (AvgIpc) is 3.26. The molecule has 3 aromatic rings. The highest BCUT2D eigenvalue weighted by molar-refractivity contribution is 9.10. The summed E-state index contributed by atoms with van der Waals surface area (Å²) < 4.78 is 20.1. The largest absolute Gasteiger partial charge is 0.361 e. The van der Waals surface area contributed by atoms with Gasteiger partial charge in [-0.05, 0) is 40.2 Å². The number of hydrogen-bond acceptors (Lipinski definition) is 5. The monoisotopic (exact) mass is 398 g/mol. The van der Waals surface area contributed by atoms with Crippen LogP contribution in [0.15, 0.2) is 67.6 Å². The second-order valence-corrected chi connectivity index (χ2v) is 6.44.